The Bertz CT molecular complexity index is 819. The lowest BCUT2D eigenvalue weighted by Gasteiger charge is -2.34. The van der Waals surface area contributed by atoms with Crippen LogP contribution in [0.2, 0.25) is 0 Å². The molecule has 1 unspecified atom stereocenters. The van der Waals surface area contributed by atoms with Gasteiger partial charge in [-0.1, -0.05) is 32.0 Å². The zero-order valence-electron chi connectivity index (χ0n) is 14.8. The average Bonchev–Trinajstić information content (AvgIpc) is 2.86. The molecule has 25 heavy (non-hydrogen) atoms. The molecule has 0 saturated carbocycles. The van der Waals surface area contributed by atoms with Crippen molar-refractivity contribution in [3.05, 3.63) is 58.5 Å². The summed E-state index contributed by atoms with van der Waals surface area (Å²) in [5, 5.41) is 12.3. The summed E-state index contributed by atoms with van der Waals surface area (Å²) in [6.45, 7) is 6.23. The van der Waals surface area contributed by atoms with E-state index < -0.39 is 5.97 Å². The molecule has 1 aromatic carbocycles. The summed E-state index contributed by atoms with van der Waals surface area (Å²) in [7, 11) is 0. The number of rotatable bonds is 4. The van der Waals surface area contributed by atoms with E-state index in [1.807, 2.05) is 13.0 Å². The summed E-state index contributed by atoms with van der Waals surface area (Å²) in [6.07, 6.45) is 1.72. The lowest BCUT2D eigenvalue weighted by molar-refractivity contribution is -0.121. The fourth-order valence-electron chi connectivity index (χ4n) is 3.61. The third-order valence-corrected chi connectivity index (χ3v) is 4.67. The van der Waals surface area contributed by atoms with Crippen LogP contribution in [0.4, 0.5) is 0 Å². The van der Waals surface area contributed by atoms with E-state index in [9.17, 15) is 14.7 Å². The van der Waals surface area contributed by atoms with Crippen LogP contribution in [0, 0.1) is 12.3 Å². The average molecular weight is 341 g/mol. The Kier molecular flexibility index (Phi) is 4.41. The highest BCUT2D eigenvalue weighted by Crippen LogP contribution is 2.42. The molecular weight excluding hydrogens is 318 g/mol. The van der Waals surface area contributed by atoms with Gasteiger partial charge in [-0.3, -0.25) is 4.79 Å². The number of fused-ring (bicyclic) bond motifs is 1. The predicted octanol–water partition coefficient (Wildman–Crippen LogP) is 3.66. The molecule has 1 aromatic heterocycles. The fourth-order valence-corrected chi connectivity index (χ4v) is 3.61. The Labute approximate surface area is 147 Å². The van der Waals surface area contributed by atoms with Crippen molar-refractivity contribution in [1.82, 2.24) is 5.32 Å². The van der Waals surface area contributed by atoms with Crippen molar-refractivity contribution >= 4 is 11.9 Å². The van der Waals surface area contributed by atoms with Gasteiger partial charge in [0.05, 0.1) is 18.0 Å². The molecule has 0 saturated heterocycles. The molecule has 3 rings (SSSR count). The standard InChI is InChI=1S/C20H23NO4/c1-12-8-15-16(10-20(2,3)11-17(15)25-12)21-18(22)9-13-6-4-5-7-14(13)19(23)24/h4-8,16H,9-11H2,1-3H3,(H,21,22)(H,23,24). The van der Waals surface area contributed by atoms with Gasteiger partial charge in [0.25, 0.3) is 0 Å². The van der Waals surface area contributed by atoms with E-state index in [2.05, 4.69) is 19.2 Å². The zero-order valence-corrected chi connectivity index (χ0v) is 14.8. The van der Waals surface area contributed by atoms with Crippen LogP contribution in [0.3, 0.4) is 0 Å². The first-order chi connectivity index (χ1) is 11.7. The quantitative estimate of drug-likeness (QED) is 0.889. The minimum Gasteiger partial charge on any atom is -0.478 e. The van der Waals surface area contributed by atoms with Crippen LogP contribution in [0.1, 0.15) is 59.3 Å². The van der Waals surface area contributed by atoms with Gasteiger partial charge in [-0.05, 0) is 36.5 Å². The van der Waals surface area contributed by atoms with Crippen molar-refractivity contribution in [2.45, 2.75) is 46.1 Å². The van der Waals surface area contributed by atoms with E-state index in [1.165, 1.54) is 6.07 Å². The molecule has 5 nitrogen and oxygen atoms in total. The van der Waals surface area contributed by atoms with Crippen molar-refractivity contribution < 1.29 is 19.1 Å². The fraction of sp³-hybridized carbons (Fsp3) is 0.400. The van der Waals surface area contributed by atoms with Crippen LogP contribution in [-0.4, -0.2) is 17.0 Å². The van der Waals surface area contributed by atoms with Gasteiger partial charge in [-0.25, -0.2) is 4.79 Å². The highest BCUT2D eigenvalue weighted by atomic mass is 16.4. The smallest absolute Gasteiger partial charge is 0.335 e. The van der Waals surface area contributed by atoms with Gasteiger partial charge in [-0.2, -0.15) is 0 Å². The van der Waals surface area contributed by atoms with Gasteiger partial charge in [0, 0.05) is 12.0 Å². The molecule has 1 heterocycles. The zero-order chi connectivity index (χ0) is 18.2. The van der Waals surface area contributed by atoms with E-state index in [-0.39, 0.29) is 29.3 Å². The number of carboxylic acids is 1. The van der Waals surface area contributed by atoms with Gasteiger partial charge in [0.1, 0.15) is 11.5 Å². The number of aryl methyl sites for hydroxylation is 1. The molecule has 0 aliphatic heterocycles. The van der Waals surface area contributed by atoms with E-state index in [0.717, 1.165) is 29.9 Å². The molecule has 2 aromatic rings. The summed E-state index contributed by atoms with van der Waals surface area (Å²) in [5.74, 6) is 0.583. The molecule has 5 heteroatoms. The molecule has 0 radical (unpaired) electrons. The largest absolute Gasteiger partial charge is 0.478 e. The van der Waals surface area contributed by atoms with E-state index in [0.29, 0.717) is 5.56 Å². The maximum atomic E-state index is 12.5. The van der Waals surface area contributed by atoms with Crippen molar-refractivity contribution in [2.75, 3.05) is 0 Å². The summed E-state index contributed by atoms with van der Waals surface area (Å²) in [6, 6.07) is 8.49. The number of amides is 1. The van der Waals surface area contributed by atoms with Gasteiger partial charge < -0.3 is 14.8 Å². The van der Waals surface area contributed by atoms with Gasteiger partial charge >= 0.3 is 5.97 Å². The lowest BCUT2D eigenvalue weighted by Crippen LogP contribution is -2.36. The van der Waals surface area contributed by atoms with E-state index in [4.69, 9.17) is 4.42 Å². The number of nitrogens with one attached hydrogen (secondary N) is 1. The maximum Gasteiger partial charge on any atom is 0.335 e. The number of benzene rings is 1. The first-order valence-electron chi connectivity index (χ1n) is 8.45. The molecule has 1 amide bonds. The molecule has 0 spiro atoms. The number of furan rings is 1. The third kappa shape index (κ3) is 3.76. The number of hydrogen-bond donors (Lipinski definition) is 2. The second kappa shape index (κ2) is 6.39. The Balaban J connectivity index is 1.78. The molecule has 1 aliphatic rings. The summed E-state index contributed by atoms with van der Waals surface area (Å²) >= 11 is 0. The minimum absolute atomic E-state index is 0.0359. The molecule has 0 bridgehead atoms. The number of carboxylic acid groups (broad SMARTS) is 1. The first kappa shape index (κ1) is 17.3. The van der Waals surface area contributed by atoms with E-state index in [1.54, 1.807) is 18.2 Å². The molecule has 1 aliphatic carbocycles. The summed E-state index contributed by atoms with van der Waals surface area (Å²) < 4.78 is 5.79. The van der Waals surface area contributed by atoms with Gasteiger partial charge in [0.15, 0.2) is 0 Å². The second-order valence-corrected chi connectivity index (χ2v) is 7.54. The van der Waals surface area contributed by atoms with Gasteiger partial charge in [-0.15, -0.1) is 0 Å². The second-order valence-electron chi connectivity index (χ2n) is 7.54. The van der Waals surface area contributed by atoms with Crippen LogP contribution in [-0.2, 0) is 17.6 Å². The predicted molar refractivity (Wildman–Crippen MR) is 93.5 cm³/mol. The summed E-state index contributed by atoms with van der Waals surface area (Å²) in [4.78, 5) is 23.8. The Morgan fingerprint density at radius 1 is 1.32 bits per heavy atom. The molecule has 1 atom stereocenters. The van der Waals surface area contributed by atoms with Crippen LogP contribution in [0.5, 0.6) is 0 Å². The van der Waals surface area contributed by atoms with Crippen LogP contribution < -0.4 is 5.32 Å². The lowest BCUT2D eigenvalue weighted by atomic mass is 9.74. The Morgan fingerprint density at radius 3 is 2.76 bits per heavy atom. The van der Waals surface area contributed by atoms with Crippen molar-refractivity contribution in [1.29, 1.82) is 0 Å². The van der Waals surface area contributed by atoms with Gasteiger partial charge in [0.2, 0.25) is 5.91 Å². The number of carbonyl (C=O) groups excluding carboxylic acids is 1. The monoisotopic (exact) mass is 341 g/mol. The molecule has 132 valence electrons. The van der Waals surface area contributed by atoms with Crippen molar-refractivity contribution in [2.24, 2.45) is 5.41 Å². The summed E-state index contributed by atoms with van der Waals surface area (Å²) in [5.41, 5.74) is 1.76. The number of carbonyl (C=O) groups is 2. The first-order valence-corrected chi connectivity index (χ1v) is 8.45. The maximum absolute atomic E-state index is 12.5. The van der Waals surface area contributed by atoms with E-state index >= 15 is 0 Å². The number of hydrogen-bond acceptors (Lipinski definition) is 3. The molecule has 0 fully saturated rings. The highest BCUT2D eigenvalue weighted by molar-refractivity contribution is 5.91. The van der Waals surface area contributed by atoms with Crippen LogP contribution in [0.25, 0.3) is 0 Å². The van der Waals surface area contributed by atoms with Crippen LogP contribution in [0.15, 0.2) is 34.7 Å². The number of aromatic carboxylic acids is 1. The normalized spacial score (nSPS) is 18.4. The SMILES string of the molecule is Cc1cc2c(o1)CC(C)(C)CC2NC(=O)Cc1ccccc1C(=O)O. The topological polar surface area (TPSA) is 79.5 Å². The minimum atomic E-state index is -1.02. The van der Waals surface area contributed by atoms with Crippen molar-refractivity contribution in [3.63, 3.8) is 0 Å². The Morgan fingerprint density at radius 2 is 2.04 bits per heavy atom. The van der Waals surface area contributed by atoms with Crippen LogP contribution >= 0.6 is 0 Å². The third-order valence-electron chi connectivity index (χ3n) is 4.67. The molecule has 2 N–H and O–H groups in total. The highest BCUT2D eigenvalue weighted by Gasteiger charge is 2.35. The molecular formula is C20H23NO4. The Hall–Kier alpha value is -2.56. The van der Waals surface area contributed by atoms with Crippen molar-refractivity contribution in [3.8, 4) is 0 Å².